The number of hydrogen-bond acceptors (Lipinski definition) is 6. The standard InChI is InChI=1S/C22H22FN5O2S/c1-13-17(11-25-19(26-13)21-24-8-9-31-21)20(29)27-28-12-14(6-7-22(2,3)30)16-10-15(23)4-5-18(16)28/h4-5,8-12,30H,6-7H2,1-3H3,(H,27,29). The number of hydrogen-bond donors (Lipinski definition) is 2. The lowest BCUT2D eigenvalue weighted by molar-refractivity contribution is 0.0714. The smallest absolute Gasteiger partial charge is 0.273 e. The molecule has 1 amide bonds. The highest BCUT2D eigenvalue weighted by molar-refractivity contribution is 7.13. The van der Waals surface area contributed by atoms with E-state index < -0.39 is 5.60 Å². The van der Waals surface area contributed by atoms with Gasteiger partial charge in [-0.3, -0.25) is 14.9 Å². The van der Waals surface area contributed by atoms with Crippen LogP contribution in [-0.4, -0.2) is 36.2 Å². The Kier molecular flexibility index (Phi) is 5.55. The number of halogens is 1. The molecule has 0 aliphatic heterocycles. The van der Waals surface area contributed by atoms with Crippen molar-refractivity contribution in [2.24, 2.45) is 0 Å². The van der Waals surface area contributed by atoms with Gasteiger partial charge in [0.15, 0.2) is 10.8 Å². The van der Waals surface area contributed by atoms with Gasteiger partial charge in [0.1, 0.15) is 5.82 Å². The van der Waals surface area contributed by atoms with Crippen molar-refractivity contribution in [3.05, 3.63) is 64.8 Å². The van der Waals surface area contributed by atoms with Crippen LogP contribution < -0.4 is 5.43 Å². The number of rotatable bonds is 6. The fourth-order valence-corrected chi connectivity index (χ4v) is 3.88. The van der Waals surface area contributed by atoms with Crippen LogP contribution in [0, 0.1) is 12.7 Å². The van der Waals surface area contributed by atoms with E-state index in [1.165, 1.54) is 29.7 Å². The molecule has 3 heterocycles. The third-order valence-corrected chi connectivity index (χ3v) is 5.69. The van der Waals surface area contributed by atoms with E-state index in [1.807, 2.05) is 5.38 Å². The maximum atomic E-state index is 13.9. The quantitative estimate of drug-likeness (QED) is 0.472. The lowest BCUT2D eigenvalue weighted by Gasteiger charge is -2.16. The van der Waals surface area contributed by atoms with Crippen molar-refractivity contribution in [3.8, 4) is 10.8 Å². The number of carbonyl (C=O) groups excluding carboxylic acids is 1. The lowest BCUT2D eigenvalue weighted by atomic mass is 9.99. The second-order valence-electron chi connectivity index (χ2n) is 7.97. The Hall–Kier alpha value is -3.17. The van der Waals surface area contributed by atoms with Crippen molar-refractivity contribution < 1.29 is 14.3 Å². The topological polar surface area (TPSA) is 92.9 Å². The maximum absolute atomic E-state index is 13.9. The van der Waals surface area contributed by atoms with Crippen LogP contribution in [0.2, 0.25) is 0 Å². The number of amides is 1. The Morgan fingerprint density at radius 2 is 2.13 bits per heavy atom. The molecular formula is C22H22FN5O2S. The number of benzene rings is 1. The molecule has 0 radical (unpaired) electrons. The van der Waals surface area contributed by atoms with Gasteiger partial charge in [0.05, 0.1) is 22.4 Å². The molecule has 0 aliphatic rings. The summed E-state index contributed by atoms with van der Waals surface area (Å²) in [6.45, 7) is 5.20. The van der Waals surface area contributed by atoms with E-state index in [0.717, 1.165) is 5.56 Å². The van der Waals surface area contributed by atoms with Crippen molar-refractivity contribution in [3.63, 3.8) is 0 Å². The fourth-order valence-electron chi connectivity index (χ4n) is 3.30. The Morgan fingerprint density at radius 3 is 2.81 bits per heavy atom. The van der Waals surface area contributed by atoms with Gasteiger partial charge in [-0.15, -0.1) is 11.3 Å². The van der Waals surface area contributed by atoms with Crippen LogP contribution in [0.1, 0.15) is 41.9 Å². The first kappa shape index (κ1) is 21.1. The van der Waals surface area contributed by atoms with Gasteiger partial charge in [-0.05, 0) is 57.4 Å². The van der Waals surface area contributed by atoms with Crippen molar-refractivity contribution in [2.75, 3.05) is 5.43 Å². The van der Waals surface area contributed by atoms with Crippen molar-refractivity contribution >= 4 is 28.1 Å². The van der Waals surface area contributed by atoms with Gasteiger partial charge in [0, 0.05) is 29.4 Å². The number of aliphatic hydroxyl groups is 1. The van der Waals surface area contributed by atoms with Crippen LogP contribution in [0.3, 0.4) is 0 Å². The predicted octanol–water partition coefficient (Wildman–Crippen LogP) is 4.09. The number of fused-ring (bicyclic) bond motifs is 1. The molecule has 160 valence electrons. The molecule has 0 saturated carbocycles. The molecular weight excluding hydrogens is 417 g/mol. The van der Waals surface area contributed by atoms with Crippen molar-refractivity contribution in [2.45, 2.75) is 39.2 Å². The fraction of sp³-hybridized carbons (Fsp3) is 0.273. The second-order valence-corrected chi connectivity index (χ2v) is 8.86. The molecule has 31 heavy (non-hydrogen) atoms. The lowest BCUT2D eigenvalue weighted by Crippen LogP contribution is -2.23. The average Bonchev–Trinajstić information content (AvgIpc) is 3.34. The third kappa shape index (κ3) is 4.62. The zero-order valence-electron chi connectivity index (χ0n) is 17.4. The van der Waals surface area contributed by atoms with E-state index in [9.17, 15) is 14.3 Å². The second kappa shape index (κ2) is 8.16. The minimum Gasteiger partial charge on any atom is -0.390 e. The van der Waals surface area contributed by atoms with Gasteiger partial charge < -0.3 is 5.11 Å². The summed E-state index contributed by atoms with van der Waals surface area (Å²) in [6, 6.07) is 4.41. The normalized spacial score (nSPS) is 11.8. The third-order valence-electron chi connectivity index (χ3n) is 4.92. The highest BCUT2D eigenvalue weighted by Gasteiger charge is 2.18. The first-order valence-corrected chi connectivity index (χ1v) is 10.7. The monoisotopic (exact) mass is 439 g/mol. The Labute approximate surface area is 182 Å². The SMILES string of the molecule is Cc1nc(-c2nccs2)ncc1C(=O)Nn1cc(CCC(C)(C)O)c2cc(F)ccc21. The molecule has 4 aromatic rings. The highest BCUT2D eigenvalue weighted by atomic mass is 32.1. The zero-order valence-corrected chi connectivity index (χ0v) is 18.2. The van der Waals surface area contributed by atoms with E-state index in [4.69, 9.17) is 0 Å². The molecule has 1 aromatic carbocycles. The summed E-state index contributed by atoms with van der Waals surface area (Å²) >= 11 is 1.42. The van der Waals surface area contributed by atoms with Gasteiger partial charge in [0.25, 0.3) is 5.91 Å². The van der Waals surface area contributed by atoms with Crippen LogP contribution >= 0.6 is 11.3 Å². The molecule has 0 atom stereocenters. The molecule has 0 fully saturated rings. The van der Waals surface area contributed by atoms with Crippen LogP contribution in [0.25, 0.3) is 21.7 Å². The van der Waals surface area contributed by atoms with Gasteiger partial charge in [-0.1, -0.05) is 0 Å². The Morgan fingerprint density at radius 1 is 1.32 bits per heavy atom. The molecule has 0 unspecified atom stereocenters. The first-order valence-electron chi connectivity index (χ1n) is 9.78. The van der Waals surface area contributed by atoms with E-state index in [-0.39, 0.29) is 11.7 Å². The molecule has 2 N–H and O–H groups in total. The van der Waals surface area contributed by atoms with Crippen LogP contribution in [-0.2, 0) is 6.42 Å². The summed E-state index contributed by atoms with van der Waals surface area (Å²) in [4.78, 5) is 25.8. The summed E-state index contributed by atoms with van der Waals surface area (Å²) in [5.74, 6) is -0.263. The number of thiazole rings is 1. The molecule has 4 rings (SSSR count). The van der Waals surface area contributed by atoms with Gasteiger partial charge in [-0.25, -0.2) is 19.3 Å². The summed E-state index contributed by atoms with van der Waals surface area (Å²) in [5.41, 5.74) is 4.35. The largest absolute Gasteiger partial charge is 0.390 e. The first-order chi connectivity index (χ1) is 14.7. The van der Waals surface area contributed by atoms with Gasteiger partial charge in [-0.2, -0.15) is 0 Å². The minimum absolute atomic E-state index is 0.335. The molecule has 9 heteroatoms. The number of nitrogens with one attached hydrogen (secondary N) is 1. The van der Waals surface area contributed by atoms with E-state index in [2.05, 4.69) is 20.4 Å². The highest BCUT2D eigenvalue weighted by Crippen LogP contribution is 2.25. The van der Waals surface area contributed by atoms with E-state index in [0.29, 0.717) is 45.8 Å². The van der Waals surface area contributed by atoms with Crippen molar-refractivity contribution in [1.82, 2.24) is 19.6 Å². The number of carbonyl (C=O) groups is 1. The summed E-state index contributed by atoms with van der Waals surface area (Å²) in [6.07, 6.45) is 5.95. The van der Waals surface area contributed by atoms with Crippen molar-refractivity contribution in [1.29, 1.82) is 0 Å². The number of nitrogens with zero attached hydrogens (tertiary/aromatic N) is 4. The van der Waals surface area contributed by atoms with Gasteiger partial charge in [0.2, 0.25) is 0 Å². The summed E-state index contributed by atoms with van der Waals surface area (Å²) < 4.78 is 15.4. The maximum Gasteiger partial charge on any atom is 0.273 e. The molecule has 0 aliphatic carbocycles. The number of aryl methyl sites for hydroxylation is 2. The Balaban J connectivity index is 1.63. The van der Waals surface area contributed by atoms with E-state index >= 15 is 0 Å². The Bertz CT molecular complexity index is 1250. The molecule has 0 spiro atoms. The van der Waals surface area contributed by atoms with Crippen LogP contribution in [0.4, 0.5) is 4.39 Å². The summed E-state index contributed by atoms with van der Waals surface area (Å²) in [7, 11) is 0. The number of aromatic nitrogens is 4. The van der Waals surface area contributed by atoms with E-state index in [1.54, 1.807) is 43.9 Å². The predicted molar refractivity (Wildman–Crippen MR) is 118 cm³/mol. The summed E-state index contributed by atoms with van der Waals surface area (Å²) in [5, 5.41) is 13.3. The molecule has 7 nitrogen and oxygen atoms in total. The molecule has 0 saturated heterocycles. The van der Waals surface area contributed by atoms with Crippen LogP contribution in [0.5, 0.6) is 0 Å². The average molecular weight is 440 g/mol. The molecule has 3 aromatic heterocycles. The zero-order chi connectivity index (χ0) is 22.2. The van der Waals surface area contributed by atoms with Gasteiger partial charge >= 0.3 is 0 Å². The molecule has 0 bridgehead atoms. The minimum atomic E-state index is -0.849. The van der Waals surface area contributed by atoms with Crippen LogP contribution in [0.15, 0.2) is 42.2 Å².